The zero-order valence-electron chi connectivity index (χ0n) is 9.04. The van der Waals surface area contributed by atoms with Gasteiger partial charge in [0.15, 0.2) is 0 Å². The maximum atomic E-state index is 3.32. The Morgan fingerprint density at radius 2 is 1.83 bits per heavy atom. The molecule has 1 unspecified atom stereocenters. The molecular formula is C11H23N. The van der Waals surface area contributed by atoms with E-state index in [0.717, 1.165) is 0 Å². The van der Waals surface area contributed by atoms with Crippen LogP contribution >= 0.6 is 0 Å². The van der Waals surface area contributed by atoms with Gasteiger partial charge in [-0.05, 0) is 37.1 Å². The second-order valence-electron chi connectivity index (χ2n) is 5.54. The highest BCUT2D eigenvalue weighted by atomic mass is 14.8. The van der Waals surface area contributed by atoms with Crippen molar-refractivity contribution in [2.45, 2.75) is 46.5 Å². The van der Waals surface area contributed by atoms with E-state index in [1.54, 1.807) is 0 Å². The molecule has 0 saturated heterocycles. The van der Waals surface area contributed by atoms with Gasteiger partial charge >= 0.3 is 0 Å². The summed E-state index contributed by atoms with van der Waals surface area (Å²) in [6.07, 6.45) is 5.59. The van der Waals surface area contributed by atoms with Crippen LogP contribution in [-0.2, 0) is 0 Å². The number of hydrogen-bond donors (Lipinski definition) is 1. The summed E-state index contributed by atoms with van der Waals surface area (Å²) in [7, 11) is 2.06. The molecule has 0 bridgehead atoms. The molecule has 1 aliphatic carbocycles. The van der Waals surface area contributed by atoms with Crippen LogP contribution in [0.25, 0.3) is 0 Å². The van der Waals surface area contributed by atoms with Gasteiger partial charge in [0.25, 0.3) is 0 Å². The van der Waals surface area contributed by atoms with Gasteiger partial charge in [0.1, 0.15) is 0 Å². The van der Waals surface area contributed by atoms with Crippen LogP contribution in [0, 0.1) is 10.8 Å². The summed E-state index contributed by atoms with van der Waals surface area (Å²) >= 11 is 0. The lowest BCUT2D eigenvalue weighted by molar-refractivity contribution is 0.100. The summed E-state index contributed by atoms with van der Waals surface area (Å²) < 4.78 is 0. The molecule has 1 N–H and O–H groups in total. The van der Waals surface area contributed by atoms with E-state index in [2.05, 4.69) is 33.1 Å². The first-order valence-corrected chi connectivity index (χ1v) is 5.12. The molecule has 0 aromatic heterocycles. The zero-order valence-corrected chi connectivity index (χ0v) is 9.04. The third-order valence-corrected chi connectivity index (χ3v) is 3.14. The largest absolute Gasteiger partial charge is 0.319 e. The standard InChI is InChI=1S/C11H23N/c1-10(2)6-5-7-11(3,8-10)9-12-4/h12H,5-9H2,1-4H3. The van der Waals surface area contributed by atoms with E-state index < -0.39 is 0 Å². The molecule has 72 valence electrons. The topological polar surface area (TPSA) is 12.0 Å². The van der Waals surface area contributed by atoms with E-state index in [1.807, 2.05) is 0 Å². The summed E-state index contributed by atoms with van der Waals surface area (Å²) in [6, 6.07) is 0. The van der Waals surface area contributed by atoms with Gasteiger partial charge in [-0.25, -0.2) is 0 Å². The maximum absolute atomic E-state index is 3.32. The van der Waals surface area contributed by atoms with Crippen LogP contribution in [0.4, 0.5) is 0 Å². The molecule has 1 heteroatoms. The van der Waals surface area contributed by atoms with Gasteiger partial charge in [-0.3, -0.25) is 0 Å². The van der Waals surface area contributed by atoms with Gasteiger partial charge in [0.05, 0.1) is 0 Å². The Morgan fingerprint density at radius 1 is 1.17 bits per heavy atom. The van der Waals surface area contributed by atoms with Crippen LogP contribution in [-0.4, -0.2) is 13.6 Å². The summed E-state index contributed by atoms with van der Waals surface area (Å²) in [4.78, 5) is 0. The minimum absolute atomic E-state index is 0.552. The predicted molar refractivity (Wildman–Crippen MR) is 54.3 cm³/mol. The number of hydrogen-bond acceptors (Lipinski definition) is 1. The highest BCUT2D eigenvalue weighted by molar-refractivity contribution is 4.88. The SMILES string of the molecule is CNCC1(C)CCCC(C)(C)C1. The van der Waals surface area contributed by atoms with Crippen LogP contribution in [0.15, 0.2) is 0 Å². The van der Waals surface area contributed by atoms with E-state index in [0.29, 0.717) is 10.8 Å². The molecule has 1 nitrogen and oxygen atoms in total. The lowest BCUT2D eigenvalue weighted by Crippen LogP contribution is -2.37. The molecule has 1 rings (SSSR count). The highest BCUT2D eigenvalue weighted by Gasteiger charge is 2.35. The second kappa shape index (κ2) is 3.37. The maximum Gasteiger partial charge on any atom is 0.000236 e. The van der Waals surface area contributed by atoms with Crippen molar-refractivity contribution in [1.29, 1.82) is 0 Å². The van der Waals surface area contributed by atoms with Gasteiger partial charge in [-0.1, -0.05) is 27.2 Å². The predicted octanol–water partition coefficient (Wildman–Crippen LogP) is 2.81. The van der Waals surface area contributed by atoms with Gasteiger partial charge in [0, 0.05) is 6.54 Å². The Balaban J connectivity index is 2.55. The molecule has 1 aliphatic rings. The minimum Gasteiger partial charge on any atom is -0.319 e. The molecule has 1 atom stereocenters. The first-order chi connectivity index (χ1) is 5.47. The average molecular weight is 169 g/mol. The molecule has 1 fully saturated rings. The summed E-state index contributed by atoms with van der Waals surface area (Å²) in [6.45, 7) is 8.40. The summed E-state index contributed by atoms with van der Waals surface area (Å²) in [5, 5.41) is 3.32. The van der Waals surface area contributed by atoms with Crippen molar-refractivity contribution in [3.8, 4) is 0 Å². The fourth-order valence-corrected chi connectivity index (χ4v) is 2.90. The first kappa shape index (κ1) is 10.0. The summed E-state index contributed by atoms with van der Waals surface area (Å²) in [5.74, 6) is 0. The quantitative estimate of drug-likeness (QED) is 0.670. The van der Waals surface area contributed by atoms with Crippen molar-refractivity contribution in [2.75, 3.05) is 13.6 Å². The molecule has 12 heavy (non-hydrogen) atoms. The monoisotopic (exact) mass is 169 g/mol. The van der Waals surface area contributed by atoms with E-state index in [4.69, 9.17) is 0 Å². The van der Waals surface area contributed by atoms with Crippen LogP contribution in [0.5, 0.6) is 0 Å². The lowest BCUT2D eigenvalue weighted by Gasteiger charge is -2.42. The molecule has 1 saturated carbocycles. The van der Waals surface area contributed by atoms with Crippen molar-refractivity contribution in [1.82, 2.24) is 5.32 Å². The van der Waals surface area contributed by atoms with Crippen molar-refractivity contribution in [2.24, 2.45) is 10.8 Å². The van der Waals surface area contributed by atoms with Crippen molar-refractivity contribution in [3.05, 3.63) is 0 Å². The minimum atomic E-state index is 0.552. The van der Waals surface area contributed by atoms with E-state index >= 15 is 0 Å². The molecule has 0 aromatic rings. The van der Waals surface area contributed by atoms with Crippen molar-refractivity contribution in [3.63, 3.8) is 0 Å². The Hall–Kier alpha value is -0.0400. The Kier molecular flexibility index (Phi) is 2.82. The Morgan fingerprint density at radius 3 is 2.33 bits per heavy atom. The van der Waals surface area contributed by atoms with E-state index in [1.165, 1.54) is 32.2 Å². The van der Waals surface area contributed by atoms with E-state index in [-0.39, 0.29) is 0 Å². The highest BCUT2D eigenvalue weighted by Crippen LogP contribution is 2.45. The van der Waals surface area contributed by atoms with Crippen molar-refractivity contribution >= 4 is 0 Å². The number of rotatable bonds is 2. The molecule has 0 radical (unpaired) electrons. The Labute approximate surface area is 76.9 Å². The fourth-order valence-electron chi connectivity index (χ4n) is 2.90. The number of nitrogens with one attached hydrogen (secondary N) is 1. The van der Waals surface area contributed by atoms with Crippen molar-refractivity contribution < 1.29 is 0 Å². The zero-order chi connectivity index (χ0) is 9.24. The first-order valence-electron chi connectivity index (χ1n) is 5.12. The summed E-state index contributed by atoms with van der Waals surface area (Å²) in [5.41, 5.74) is 1.13. The van der Waals surface area contributed by atoms with Gasteiger partial charge in [0.2, 0.25) is 0 Å². The molecule has 0 heterocycles. The smallest absolute Gasteiger partial charge is 0.000236 e. The van der Waals surface area contributed by atoms with Gasteiger partial charge in [-0.2, -0.15) is 0 Å². The van der Waals surface area contributed by atoms with Crippen LogP contribution < -0.4 is 5.32 Å². The van der Waals surface area contributed by atoms with Crippen LogP contribution in [0.3, 0.4) is 0 Å². The fraction of sp³-hybridized carbons (Fsp3) is 1.00. The Bertz CT molecular complexity index is 147. The average Bonchev–Trinajstić information content (AvgIpc) is 1.83. The second-order valence-corrected chi connectivity index (χ2v) is 5.54. The van der Waals surface area contributed by atoms with E-state index in [9.17, 15) is 0 Å². The van der Waals surface area contributed by atoms with Gasteiger partial charge < -0.3 is 5.32 Å². The molecule has 0 aromatic carbocycles. The normalized spacial score (nSPS) is 35.0. The molecule has 0 amide bonds. The van der Waals surface area contributed by atoms with Crippen LogP contribution in [0.1, 0.15) is 46.5 Å². The van der Waals surface area contributed by atoms with Gasteiger partial charge in [-0.15, -0.1) is 0 Å². The van der Waals surface area contributed by atoms with Crippen LogP contribution in [0.2, 0.25) is 0 Å². The third kappa shape index (κ3) is 2.48. The molecule has 0 spiro atoms. The lowest BCUT2D eigenvalue weighted by atomic mass is 9.64. The molecule has 0 aliphatic heterocycles. The third-order valence-electron chi connectivity index (χ3n) is 3.14. The molecular weight excluding hydrogens is 146 g/mol.